The van der Waals surface area contributed by atoms with E-state index >= 15 is 0 Å². The van der Waals surface area contributed by atoms with E-state index in [0.717, 1.165) is 42.0 Å². The molecule has 124 valence electrons. The SMILES string of the molecule is Cn1ncc2c(N3CCC[C@H]3COc3ccc(Cl)cc3)ncnc21. The number of halogens is 1. The summed E-state index contributed by atoms with van der Waals surface area (Å²) in [6.45, 7) is 1.59. The zero-order chi connectivity index (χ0) is 16.5. The molecule has 0 bridgehead atoms. The lowest BCUT2D eigenvalue weighted by molar-refractivity contribution is 0.288. The van der Waals surface area contributed by atoms with Crippen molar-refractivity contribution in [3.63, 3.8) is 0 Å². The number of rotatable bonds is 4. The number of benzene rings is 1. The number of hydrogen-bond donors (Lipinski definition) is 0. The summed E-state index contributed by atoms with van der Waals surface area (Å²) in [6.07, 6.45) is 5.65. The summed E-state index contributed by atoms with van der Waals surface area (Å²) in [6, 6.07) is 7.76. The molecule has 1 aromatic carbocycles. The highest BCUT2D eigenvalue weighted by Gasteiger charge is 2.28. The number of ether oxygens (including phenoxy) is 1. The van der Waals surface area contributed by atoms with Gasteiger partial charge in [-0.2, -0.15) is 5.10 Å². The zero-order valence-corrected chi connectivity index (χ0v) is 14.1. The van der Waals surface area contributed by atoms with E-state index in [1.165, 1.54) is 0 Å². The Morgan fingerprint density at radius 3 is 2.92 bits per heavy atom. The Kier molecular flexibility index (Phi) is 3.98. The second-order valence-electron chi connectivity index (χ2n) is 5.96. The van der Waals surface area contributed by atoms with Crippen LogP contribution in [0.15, 0.2) is 36.8 Å². The van der Waals surface area contributed by atoms with E-state index in [2.05, 4.69) is 20.0 Å². The molecule has 3 heterocycles. The molecule has 1 aliphatic rings. The van der Waals surface area contributed by atoms with Gasteiger partial charge in [-0.25, -0.2) is 9.97 Å². The maximum absolute atomic E-state index is 5.95. The van der Waals surface area contributed by atoms with Gasteiger partial charge in [0.1, 0.15) is 24.5 Å². The first-order chi connectivity index (χ1) is 11.7. The lowest BCUT2D eigenvalue weighted by atomic mass is 10.2. The molecule has 0 aliphatic carbocycles. The minimum absolute atomic E-state index is 0.291. The highest BCUT2D eigenvalue weighted by Crippen LogP contribution is 2.29. The van der Waals surface area contributed by atoms with Gasteiger partial charge in [-0.05, 0) is 37.1 Å². The number of fused-ring (bicyclic) bond motifs is 1. The minimum Gasteiger partial charge on any atom is -0.491 e. The predicted octanol–water partition coefficient (Wildman–Crippen LogP) is 3.06. The first kappa shape index (κ1) is 15.2. The summed E-state index contributed by atoms with van der Waals surface area (Å²) in [7, 11) is 1.89. The summed E-state index contributed by atoms with van der Waals surface area (Å²) in [5.41, 5.74) is 0.851. The molecule has 0 radical (unpaired) electrons. The van der Waals surface area contributed by atoms with Gasteiger partial charge in [-0.1, -0.05) is 11.6 Å². The van der Waals surface area contributed by atoms with Gasteiger partial charge in [-0.15, -0.1) is 0 Å². The van der Waals surface area contributed by atoms with Crippen LogP contribution in [-0.2, 0) is 7.05 Å². The molecule has 1 saturated heterocycles. The van der Waals surface area contributed by atoms with E-state index in [-0.39, 0.29) is 0 Å². The highest BCUT2D eigenvalue weighted by molar-refractivity contribution is 6.30. The molecule has 7 heteroatoms. The summed E-state index contributed by atoms with van der Waals surface area (Å²) >= 11 is 5.91. The van der Waals surface area contributed by atoms with Crippen molar-refractivity contribution in [1.29, 1.82) is 0 Å². The summed E-state index contributed by atoms with van der Waals surface area (Å²) in [4.78, 5) is 11.1. The summed E-state index contributed by atoms with van der Waals surface area (Å²) < 4.78 is 7.72. The molecule has 24 heavy (non-hydrogen) atoms. The lowest BCUT2D eigenvalue weighted by Gasteiger charge is -2.26. The molecule has 6 nitrogen and oxygen atoms in total. The molecule has 3 aromatic rings. The first-order valence-electron chi connectivity index (χ1n) is 8.00. The van der Waals surface area contributed by atoms with E-state index in [0.29, 0.717) is 17.7 Å². The predicted molar refractivity (Wildman–Crippen MR) is 93.6 cm³/mol. The van der Waals surface area contributed by atoms with Crippen LogP contribution in [0.4, 0.5) is 5.82 Å². The van der Waals surface area contributed by atoms with Crippen LogP contribution in [0, 0.1) is 0 Å². The molecule has 0 saturated carbocycles. The fourth-order valence-electron chi connectivity index (χ4n) is 3.19. The standard InChI is InChI=1S/C17H18ClN5O/c1-22-16-15(9-21-22)17(20-11-19-16)23-8-2-3-13(23)10-24-14-6-4-12(18)5-7-14/h4-7,9,11,13H,2-3,8,10H2,1H3/t13-/m0/s1. The molecule has 0 spiro atoms. The monoisotopic (exact) mass is 343 g/mol. The Morgan fingerprint density at radius 1 is 1.25 bits per heavy atom. The first-order valence-corrected chi connectivity index (χ1v) is 8.38. The second kappa shape index (κ2) is 6.28. The van der Waals surface area contributed by atoms with Crippen molar-refractivity contribution in [3.8, 4) is 5.75 Å². The van der Waals surface area contributed by atoms with E-state index in [1.54, 1.807) is 11.0 Å². The van der Waals surface area contributed by atoms with Gasteiger partial charge >= 0.3 is 0 Å². The van der Waals surface area contributed by atoms with Gasteiger partial charge in [0.05, 0.1) is 17.6 Å². The van der Waals surface area contributed by atoms with E-state index in [9.17, 15) is 0 Å². The molecule has 0 N–H and O–H groups in total. The quantitative estimate of drug-likeness (QED) is 0.728. The number of hydrogen-bond acceptors (Lipinski definition) is 5. The van der Waals surface area contributed by atoms with Gasteiger partial charge in [0.15, 0.2) is 5.65 Å². The van der Waals surface area contributed by atoms with E-state index in [4.69, 9.17) is 16.3 Å². The number of nitrogens with zero attached hydrogens (tertiary/aromatic N) is 5. The highest BCUT2D eigenvalue weighted by atomic mass is 35.5. The van der Waals surface area contributed by atoms with Crippen LogP contribution in [0.3, 0.4) is 0 Å². The normalized spacial score (nSPS) is 17.6. The third kappa shape index (κ3) is 2.78. The summed E-state index contributed by atoms with van der Waals surface area (Å²) in [5.74, 6) is 1.77. The maximum Gasteiger partial charge on any atom is 0.163 e. The van der Waals surface area contributed by atoms with Crippen LogP contribution in [0.1, 0.15) is 12.8 Å². The molecule has 1 atom stereocenters. The molecular formula is C17H18ClN5O. The molecular weight excluding hydrogens is 326 g/mol. The Hall–Kier alpha value is -2.34. The molecule has 0 amide bonds. The van der Waals surface area contributed by atoms with Crippen LogP contribution in [-0.4, -0.2) is 38.9 Å². The Balaban J connectivity index is 1.54. The van der Waals surface area contributed by atoms with E-state index in [1.807, 2.05) is 37.5 Å². The third-order valence-electron chi connectivity index (χ3n) is 4.41. The van der Waals surface area contributed by atoms with Crippen molar-refractivity contribution in [2.24, 2.45) is 7.05 Å². The van der Waals surface area contributed by atoms with Crippen LogP contribution in [0.2, 0.25) is 5.02 Å². The minimum atomic E-state index is 0.291. The number of anilines is 1. The van der Waals surface area contributed by atoms with Crippen LogP contribution >= 0.6 is 11.6 Å². The van der Waals surface area contributed by atoms with Crippen LogP contribution in [0.5, 0.6) is 5.75 Å². The van der Waals surface area contributed by atoms with Crippen molar-refractivity contribution in [3.05, 3.63) is 41.8 Å². The van der Waals surface area contributed by atoms with E-state index < -0.39 is 0 Å². The topological polar surface area (TPSA) is 56.1 Å². The largest absolute Gasteiger partial charge is 0.491 e. The van der Waals surface area contributed by atoms with Gasteiger partial charge in [0, 0.05) is 18.6 Å². The molecule has 2 aromatic heterocycles. The van der Waals surface area contributed by atoms with Crippen LogP contribution < -0.4 is 9.64 Å². The fraction of sp³-hybridized carbons (Fsp3) is 0.353. The van der Waals surface area contributed by atoms with Gasteiger partial charge in [-0.3, -0.25) is 4.68 Å². The Labute approximate surface area is 145 Å². The smallest absolute Gasteiger partial charge is 0.163 e. The number of aromatic nitrogens is 4. The fourth-order valence-corrected chi connectivity index (χ4v) is 3.32. The van der Waals surface area contributed by atoms with Crippen LogP contribution in [0.25, 0.3) is 11.0 Å². The average molecular weight is 344 g/mol. The average Bonchev–Trinajstić information content (AvgIpc) is 3.21. The zero-order valence-electron chi connectivity index (χ0n) is 13.4. The van der Waals surface area contributed by atoms with Gasteiger partial charge in [0.2, 0.25) is 0 Å². The van der Waals surface area contributed by atoms with Crippen molar-refractivity contribution in [2.75, 3.05) is 18.1 Å². The molecule has 0 unspecified atom stereocenters. The molecule has 1 fully saturated rings. The third-order valence-corrected chi connectivity index (χ3v) is 4.67. The van der Waals surface area contributed by atoms with Crippen molar-refractivity contribution in [2.45, 2.75) is 18.9 Å². The maximum atomic E-state index is 5.95. The van der Waals surface area contributed by atoms with Crippen molar-refractivity contribution < 1.29 is 4.74 Å². The van der Waals surface area contributed by atoms with Gasteiger partial charge in [0.25, 0.3) is 0 Å². The van der Waals surface area contributed by atoms with Crippen molar-refractivity contribution in [1.82, 2.24) is 19.7 Å². The number of aryl methyl sites for hydroxylation is 1. The molecule has 4 rings (SSSR count). The molecule has 1 aliphatic heterocycles. The van der Waals surface area contributed by atoms with Gasteiger partial charge < -0.3 is 9.64 Å². The lowest BCUT2D eigenvalue weighted by Crippen LogP contribution is -2.35. The Morgan fingerprint density at radius 2 is 2.08 bits per heavy atom. The summed E-state index contributed by atoms with van der Waals surface area (Å²) in [5, 5.41) is 6.00. The second-order valence-corrected chi connectivity index (χ2v) is 6.39. The van der Waals surface area contributed by atoms with Crippen molar-refractivity contribution >= 4 is 28.5 Å². The Bertz CT molecular complexity index is 848.